The Hall–Kier alpha value is -7.95. The lowest BCUT2D eigenvalue weighted by molar-refractivity contribution is 0.633. The third-order valence-corrected chi connectivity index (χ3v) is 25.8. The smallest absolute Gasteiger partial charge is 0.186 e. The Balaban J connectivity index is 1.05. The van der Waals surface area contributed by atoms with E-state index in [1.807, 2.05) is 23.7 Å². The van der Waals surface area contributed by atoms with E-state index in [4.69, 9.17) is 9.97 Å². The van der Waals surface area contributed by atoms with Gasteiger partial charge in [-0.05, 0) is 89.5 Å². The minimum absolute atomic E-state index is 0.0688. The van der Waals surface area contributed by atoms with Crippen LogP contribution in [0.1, 0.15) is 23.2 Å². The van der Waals surface area contributed by atoms with Crippen LogP contribution in [0, 0.1) is 0 Å². The SMILES string of the molecule is C1=CC2c3ccccc3-n3ccnc3C2C=C1[Si](c1ccccc1)(c1ccccc1)c1cccc(N2c3cc4c(cc3[Si](c3ccccc3)(c3ccccc3)c3cccnc32)sc2ccccc24)c1. The molecule has 0 N–H and O–H groups in total. The van der Waals surface area contributed by atoms with Gasteiger partial charge in [-0.3, -0.25) is 4.90 Å². The Bertz CT molecular complexity index is 3750. The molecule has 3 aliphatic rings. The standard InChI is InChI=1S/C62H44N4SSi2/c1-5-20-44(21-6-1)68(45-22-7-2-8-23-45,49-34-35-50-51-29-13-15-31-55(51)65-38-37-64-61(65)54(50)40-49)48-28-17-19-43(39-48)66-56-41-53-52-30-14-16-32-57(52)67-58(53)42-60(56)69(46-24-9-3-10-25-46,47-26-11-4-12-27-47)59-33-18-36-63-62(59)66/h1-42,50,54H. The average molecular weight is 933 g/mol. The van der Waals surface area contributed by atoms with Crippen molar-refractivity contribution >= 4 is 101 Å². The van der Waals surface area contributed by atoms with Crippen molar-refractivity contribution in [2.45, 2.75) is 11.8 Å². The van der Waals surface area contributed by atoms with Crippen LogP contribution in [-0.4, -0.2) is 30.7 Å². The highest BCUT2D eigenvalue weighted by atomic mass is 32.1. The second kappa shape index (κ2) is 15.8. The molecule has 0 saturated heterocycles. The highest BCUT2D eigenvalue weighted by Crippen LogP contribution is 2.47. The van der Waals surface area contributed by atoms with Gasteiger partial charge in [-0.1, -0.05) is 194 Å². The van der Waals surface area contributed by atoms with Crippen molar-refractivity contribution in [2.75, 3.05) is 4.90 Å². The number of fused-ring (bicyclic) bond motifs is 11. The Labute approximate surface area is 407 Å². The minimum Gasteiger partial charge on any atom is -0.303 e. The van der Waals surface area contributed by atoms with E-state index < -0.39 is 16.1 Å². The molecule has 1 aliphatic carbocycles. The van der Waals surface area contributed by atoms with Crippen molar-refractivity contribution in [3.05, 3.63) is 272 Å². The zero-order valence-corrected chi connectivity index (χ0v) is 40.4. The molecule has 69 heavy (non-hydrogen) atoms. The summed E-state index contributed by atoms with van der Waals surface area (Å²) in [6.07, 6.45) is 13.6. The highest BCUT2D eigenvalue weighted by Gasteiger charge is 2.51. The fourth-order valence-electron chi connectivity index (χ4n) is 12.3. The number of hydrogen-bond donors (Lipinski definition) is 0. The molecule has 4 nitrogen and oxygen atoms in total. The van der Waals surface area contributed by atoms with Crippen LogP contribution in [0.15, 0.2) is 260 Å². The lowest BCUT2D eigenvalue weighted by atomic mass is 9.79. The van der Waals surface area contributed by atoms with Crippen molar-refractivity contribution in [1.29, 1.82) is 0 Å². The molecule has 8 aromatic carbocycles. The summed E-state index contributed by atoms with van der Waals surface area (Å²) in [6.45, 7) is 0. The van der Waals surface area contributed by atoms with Crippen LogP contribution in [0.4, 0.5) is 17.2 Å². The molecule has 2 aliphatic heterocycles. The van der Waals surface area contributed by atoms with Crippen molar-refractivity contribution in [3.8, 4) is 5.69 Å². The molecule has 0 amide bonds. The van der Waals surface area contributed by atoms with Gasteiger partial charge in [0.05, 0.1) is 5.69 Å². The number of allylic oxidation sites excluding steroid dienone is 4. The second-order valence-electron chi connectivity index (χ2n) is 18.4. The first-order valence-electron chi connectivity index (χ1n) is 23.8. The first-order chi connectivity index (χ1) is 34.2. The number of hydrogen-bond acceptors (Lipinski definition) is 4. The molecular weight excluding hydrogens is 889 g/mol. The number of para-hydroxylation sites is 1. The van der Waals surface area contributed by atoms with Gasteiger partial charge in [0, 0.05) is 62.0 Å². The van der Waals surface area contributed by atoms with E-state index in [-0.39, 0.29) is 11.8 Å². The van der Waals surface area contributed by atoms with Crippen LogP contribution in [0.5, 0.6) is 0 Å². The molecule has 3 aromatic heterocycles. The van der Waals surface area contributed by atoms with Gasteiger partial charge in [0.15, 0.2) is 16.1 Å². The molecule has 2 unspecified atom stereocenters. The molecule has 0 spiro atoms. The van der Waals surface area contributed by atoms with Gasteiger partial charge in [-0.15, -0.1) is 11.3 Å². The van der Waals surface area contributed by atoms with Crippen molar-refractivity contribution < 1.29 is 0 Å². The lowest BCUT2D eigenvalue weighted by Gasteiger charge is -2.44. The number of aromatic nitrogens is 3. The molecule has 5 heterocycles. The van der Waals surface area contributed by atoms with Gasteiger partial charge in [0.25, 0.3) is 0 Å². The van der Waals surface area contributed by atoms with Gasteiger partial charge in [-0.25, -0.2) is 9.97 Å². The molecule has 11 aromatic rings. The minimum atomic E-state index is -3.07. The second-order valence-corrected chi connectivity index (χ2v) is 27.1. The van der Waals surface area contributed by atoms with Crippen LogP contribution in [0.2, 0.25) is 0 Å². The number of rotatable bonds is 7. The van der Waals surface area contributed by atoms with Gasteiger partial charge >= 0.3 is 0 Å². The maximum atomic E-state index is 5.47. The topological polar surface area (TPSA) is 34.0 Å². The van der Waals surface area contributed by atoms with E-state index in [0.29, 0.717) is 0 Å². The molecule has 0 radical (unpaired) electrons. The van der Waals surface area contributed by atoms with E-state index in [1.54, 1.807) is 0 Å². The van der Waals surface area contributed by atoms with E-state index in [9.17, 15) is 0 Å². The van der Waals surface area contributed by atoms with Gasteiger partial charge < -0.3 is 4.57 Å². The summed E-state index contributed by atoms with van der Waals surface area (Å²) in [7, 11) is -6.05. The van der Waals surface area contributed by atoms with Crippen molar-refractivity contribution in [1.82, 2.24) is 14.5 Å². The zero-order valence-electron chi connectivity index (χ0n) is 37.6. The van der Waals surface area contributed by atoms with Crippen LogP contribution in [0.25, 0.3) is 25.9 Å². The molecule has 7 heteroatoms. The predicted octanol–water partition coefficient (Wildman–Crippen LogP) is 10.2. The fourth-order valence-corrected chi connectivity index (χ4v) is 23.4. The summed E-state index contributed by atoms with van der Waals surface area (Å²) in [5, 5.41) is 13.3. The van der Waals surface area contributed by atoms with Crippen LogP contribution in [-0.2, 0) is 0 Å². The Kier molecular flexibility index (Phi) is 9.21. The molecular formula is C62H44N4SSi2. The highest BCUT2D eigenvalue weighted by molar-refractivity contribution is 7.26. The first kappa shape index (κ1) is 40.2. The van der Waals surface area contributed by atoms with Crippen LogP contribution < -0.4 is 41.2 Å². The first-order valence-corrected chi connectivity index (χ1v) is 28.6. The number of nitrogens with zero attached hydrogens (tertiary/aromatic N) is 4. The third-order valence-electron chi connectivity index (χ3n) is 15.1. The molecule has 326 valence electrons. The molecule has 0 fully saturated rings. The summed E-state index contributed by atoms with van der Waals surface area (Å²) < 4.78 is 4.91. The number of thiophene rings is 1. The maximum absolute atomic E-state index is 5.47. The van der Waals surface area contributed by atoms with E-state index >= 15 is 0 Å². The van der Waals surface area contributed by atoms with E-state index in [2.05, 4.69) is 252 Å². The quantitative estimate of drug-likeness (QED) is 0.118. The number of pyridine rings is 1. The Morgan fingerprint density at radius 1 is 0.493 bits per heavy atom. The maximum Gasteiger partial charge on any atom is 0.186 e. The molecule has 14 rings (SSSR count). The normalized spacial score (nSPS) is 16.5. The van der Waals surface area contributed by atoms with Crippen LogP contribution in [0.3, 0.4) is 0 Å². The molecule has 0 bridgehead atoms. The predicted molar refractivity (Wildman–Crippen MR) is 293 cm³/mol. The van der Waals surface area contributed by atoms with E-state index in [1.165, 1.54) is 78.6 Å². The Morgan fingerprint density at radius 3 is 1.91 bits per heavy atom. The lowest BCUT2D eigenvalue weighted by Crippen LogP contribution is -2.77. The summed E-state index contributed by atoms with van der Waals surface area (Å²) in [6, 6.07) is 82.1. The summed E-state index contributed by atoms with van der Waals surface area (Å²) in [4.78, 5) is 13.1. The third kappa shape index (κ3) is 5.85. The molecule has 2 atom stereocenters. The van der Waals surface area contributed by atoms with Crippen molar-refractivity contribution in [2.24, 2.45) is 0 Å². The number of anilines is 3. The average Bonchev–Trinajstić information content (AvgIpc) is 4.07. The van der Waals surface area contributed by atoms with Gasteiger partial charge in [0.1, 0.15) is 11.6 Å². The summed E-state index contributed by atoms with van der Waals surface area (Å²) in [5.41, 5.74) is 4.83. The summed E-state index contributed by atoms with van der Waals surface area (Å²) >= 11 is 1.90. The largest absolute Gasteiger partial charge is 0.303 e. The summed E-state index contributed by atoms with van der Waals surface area (Å²) in [5.74, 6) is 2.32. The van der Waals surface area contributed by atoms with Gasteiger partial charge in [0.2, 0.25) is 0 Å². The zero-order chi connectivity index (χ0) is 45.5. The molecule has 0 saturated carbocycles. The monoisotopic (exact) mass is 932 g/mol. The fraction of sp³-hybridized carbons (Fsp3) is 0.0323. The van der Waals surface area contributed by atoms with Gasteiger partial charge in [-0.2, -0.15) is 0 Å². The van der Waals surface area contributed by atoms with Crippen molar-refractivity contribution in [3.63, 3.8) is 0 Å². The Morgan fingerprint density at radius 2 is 1.16 bits per heavy atom. The number of imidazole rings is 1. The number of benzene rings is 8. The van der Waals surface area contributed by atoms with Crippen LogP contribution >= 0.6 is 11.3 Å². The van der Waals surface area contributed by atoms with E-state index in [0.717, 1.165) is 17.3 Å².